The van der Waals surface area contributed by atoms with Crippen LogP contribution >= 0.6 is 0 Å². The minimum Gasteiger partial charge on any atom is -0.359 e. The Kier molecular flexibility index (Phi) is 3.85. The van der Waals surface area contributed by atoms with Crippen molar-refractivity contribution in [1.82, 2.24) is 10.3 Å². The second-order valence-corrected chi connectivity index (χ2v) is 7.46. The molecule has 1 fully saturated rings. The molecule has 1 aromatic heterocycles. The van der Waals surface area contributed by atoms with Crippen molar-refractivity contribution in [2.75, 3.05) is 5.32 Å². The summed E-state index contributed by atoms with van der Waals surface area (Å²) in [6, 6.07) is 8.11. The summed E-state index contributed by atoms with van der Waals surface area (Å²) in [6.45, 7) is 6.84. The highest BCUT2D eigenvalue weighted by molar-refractivity contribution is 6.01. The summed E-state index contributed by atoms with van der Waals surface area (Å²) in [6.07, 6.45) is 5.18. The van der Waals surface area contributed by atoms with Crippen LogP contribution in [-0.4, -0.2) is 17.1 Å². The zero-order valence-electron chi connectivity index (χ0n) is 13.6. The lowest BCUT2D eigenvalue weighted by molar-refractivity contribution is 0.154. The summed E-state index contributed by atoms with van der Waals surface area (Å²) < 4.78 is 0. The van der Waals surface area contributed by atoms with Crippen LogP contribution in [0.1, 0.15) is 40.0 Å². The van der Waals surface area contributed by atoms with Gasteiger partial charge in [-0.15, -0.1) is 0 Å². The summed E-state index contributed by atoms with van der Waals surface area (Å²) in [5.74, 6) is 0.655. The predicted octanol–water partition coefficient (Wildman–Crippen LogP) is 4.50. The number of benzene rings is 1. The van der Waals surface area contributed by atoms with Gasteiger partial charge in [0.05, 0.1) is 5.69 Å². The Morgan fingerprint density at radius 1 is 1.27 bits per heavy atom. The third kappa shape index (κ3) is 3.26. The van der Waals surface area contributed by atoms with Crippen molar-refractivity contribution in [3.63, 3.8) is 0 Å². The lowest BCUT2D eigenvalue weighted by Crippen LogP contribution is -2.44. The number of hydrogen-bond acceptors (Lipinski definition) is 1. The van der Waals surface area contributed by atoms with Crippen molar-refractivity contribution in [3.8, 4) is 0 Å². The fourth-order valence-electron chi connectivity index (χ4n) is 3.97. The molecule has 0 saturated heterocycles. The monoisotopic (exact) mass is 299 g/mol. The Bertz CT molecular complexity index is 674. The first-order valence-corrected chi connectivity index (χ1v) is 8.06. The smallest absolute Gasteiger partial charge is 0.319 e. The Hall–Kier alpha value is -1.97. The average molecular weight is 299 g/mol. The van der Waals surface area contributed by atoms with Gasteiger partial charge in [0.15, 0.2) is 0 Å². The molecular weight excluding hydrogens is 274 g/mol. The number of H-pyrrole nitrogens is 1. The van der Waals surface area contributed by atoms with E-state index in [0.29, 0.717) is 11.3 Å². The molecule has 0 aliphatic heterocycles. The molecule has 0 unspecified atom stereocenters. The molecule has 1 aliphatic rings. The quantitative estimate of drug-likeness (QED) is 0.751. The fourth-order valence-corrected chi connectivity index (χ4v) is 3.97. The molecule has 1 saturated carbocycles. The average Bonchev–Trinajstić information content (AvgIpc) is 2.79. The van der Waals surface area contributed by atoms with Crippen LogP contribution in [0.4, 0.5) is 10.5 Å². The Labute approximate surface area is 131 Å². The third-order valence-electron chi connectivity index (χ3n) is 4.56. The van der Waals surface area contributed by atoms with Crippen LogP contribution in [-0.2, 0) is 0 Å². The highest BCUT2D eigenvalue weighted by Gasteiger charge is 2.32. The van der Waals surface area contributed by atoms with Crippen LogP contribution in [0, 0.1) is 11.3 Å². The summed E-state index contributed by atoms with van der Waals surface area (Å²) in [5.41, 5.74) is 2.16. The van der Waals surface area contributed by atoms with E-state index in [1.54, 1.807) is 0 Å². The molecule has 22 heavy (non-hydrogen) atoms. The molecule has 1 heterocycles. The van der Waals surface area contributed by atoms with Crippen LogP contribution in [0.2, 0.25) is 0 Å². The van der Waals surface area contributed by atoms with Gasteiger partial charge in [-0.2, -0.15) is 0 Å². The van der Waals surface area contributed by atoms with Gasteiger partial charge >= 0.3 is 6.03 Å². The zero-order chi connectivity index (χ0) is 15.7. The van der Waals surface area contributed by atoms with Gasteiger partial charge in [0.1, 0.15) is 0 Å². The van der Waals surface area contributed by atoms with E-state index in [0.717, 1.165) is 29.4 Å². The second-order valence-electron chi connectivity index (χ2n) is 7.46. The number of fused-ring (bicyclic) bond motifs is 1. The number of anilines is 1. The van der Waals surface area contributed by atoms with Gasteiger partial charge in [-0.1, -0.05) is 39.0 Å². The first kappa shape index (κ1) is 14.9. The summed E-state index contributed by atoms with van der Waals surface area (Å²) in [7, 11) is 0. The Balaban J connectivity index is 1.65. The van der Waals surface area contributed by atoms with E-state index in [1.165, 1.54) is 6.42 Å². The van der Waals surface area contributed by atoms with Crippen LogP contribution < -0.4 is 10.6 Å². The molecule has 0 bridgehead atoms. The Morgan fingerprint density at radius 3 is 2.82 bits per heavy atom. The molecule has 4 nitrogen and oxygen atoms in total. The van der Waals surface area contributed by atoms with Crippen molar-refractivity contribution in [2.24, 2.45) is 11.3 Å². The minimum absolute atomic E-state index is 0.111. The molecule has 2 aromatic rings. The molecule has 3 rings (SSSR count). The molecule has 1 aliphatic carbocycles. The maximum absolute atomic E-state index is 12.3. The van der Waals surface area contributed by atoms with Gasteiger partial charge in [-0.3, -0.25) is 0 Å². The summed E-state index contributed by atoms with van der Waals surface area (Å²) in [5, 5.41) is 7.15. The number of amides is 2. The number of hydrogen-bond donors (Lipinski definition) is 3. The number of aromatic amines is 1. The zero-order valence-corrected chi connectivity index (χ0v) is 13.6. The fraction of sp³-hybridized carbons (Fsp3) is 0.500. The first-order chi connectivity index (χ1) is 10.4. The van der Waals surface area contributed by atoms with E-state index < -0.39 is 0 Å². The number of nitrogens with one attached hydrogen (secondary N) is 3. The van der Waals surface area contributed by atoms with E-state index >= 15 is 0 Å². The number of rotatable bonds is 2. The van der Waals surface area contributed by atoms with Gasteiger partial charge in [0.2, 0.25) is 0 Å². The van der Waals surface area contributed by atoms with Gasteiger partial charge < -0.3 is 15.6 Å². The normalized spacial score (nSPS) is 24.1. The van der Waals surface area contributed by atoms with E-state index in [-0.39, 0.29) is 12.1 Å². The standard InChI is InChI=1S/C18H25N3O/c1-12-8-13(10-18(2,3)9-12)20-17(22)21-16-11-19-15-7-5-4-6-14(15)16/h4-7,11-13,19H,8-10H2,1-3H3,(H2,20,21,22)/t12-,13+/m1/s1. The van der Waals surface area contributed by atoms with Gasteiger partial charge in [0.25, 0.3) is 0 Å². The van der Waals surface area contributed by atoms with Gasteiger partial charge in [0, 0.05) is 23.1 Å². The van der Waals surface area contributed by atoms with Crippen molar-refractivity contribution >= 4 is 22.6 Å². The summed E-state index contributed by atoms with van der Waals surface area (Å²) in [4.78, 5) is 15.5. The maximum atomic E-state index is 12.3. The molecule has 4 heteroatoms. The Morgan fingerprint density at radius 2 is 2.05 bits per heavy atom. The number of carbonyl (C=O) groups is 1. The number of urea groups is 1. The van der Waals surface area contributed by atoms with E-state index in [4.69, 9.17) is 0 Å². The van der Waals surface area contributed by atoms with Crippen LogP contribution in [0.25, 0.3) is 10.9 Å². The number of carbonyl (C=O) groups excluding carboxylic acids is 1. The van der Waals surface area contributed by atoms with E-state index in [1.807, 2.05) is 30.5 Å². The molecule has 2 atom stereocenters. The van der Waals surface area contributed by atoms with Gasteiger partial charge in [-0.05, 0) is 36.7 Å². The second kappa shape index (κ2) is 5.67. The molecule has 118 valence electrons. The minimum atomic E-state index is -0.111. The molecule has 1 aromatic carbocycles. The largest absolute Gasteiger partial charge is 0.359 e. The molecule has 0 spiro atoms. The molecule has 0 radical (unpaired) electrons. The third-order valence-corrected chi connectivity index (χ3v) is 4.56. The maximum Gasteiger partial charge on any atom is 0.319 e. The van der Waals surface area contributed by atoms with Crippen molar-refractivity contribution in [3.05, 3.63) is 30.5 Å². The lowest BCUT2D eigenvalue weighted by Gasteiger charge is -2.39. The predicted molar refractivity (Wildman–Crippen MR) is 91.0 cm³/mol. The summed E-state index contributed by atoms with van der Waals surface area (Å²) >= 11 is 0. The molecule has 2 amide bonds. The van der Waals surface area contributed by atoms with E-state index in [9.17, 15) is 4.79 Å². The van der Waals surface area contributed by atoms with Crippen LogP contribution in [0.15, 0.2) is 30.5 Å². The number of para-hydroxylation sites is 1. The first-order valence-electron chi connectivity index (χ1n) is 8.06. The van der Waals surface area contributed by atoms with Crippen LogP contribution in [0.5, 0.6) is 0 Å². The van der Waals surface area contributed by atoms with E-state index in [2.05, 4.69) is 36.4 Å². The topological polar surface area (TPSA) is 56.9 Å². The highest BCUT2D eigenvalue weighted by atomic mass is 16.2. The molecule has 3 N–H and O–H groups in total. The van der Waals surface area contributed by atoms with Crippen LogP contribution in [0.3, 0.4) is 0 Å². The molecular formula is C18H25N3O. The van der Waals surface area contributed by atoms with Crippen molar-refractivity contribution in [2.45, 2.75) is 46.1 Å². The van der Waals surface area contributed by atoms with Crippen molar-refractivity contribution in [1.29, 1.82) is 0 Å². The van der Waals surface area contributed by atoms with Gasteiger partial charge in [-0.25, -0.2) is 4.79 Å². The SMILES string of the molecule is C[C@@H]1C[C@H](NC(=O)Nc2c[nH]c3ccccc23)CC(C)(C)C1. The van der Waals surface area contributed by atoms with Crippen molar-refractivity contribution < 1.29 is 4.79 Å². The lowest BCUT2D eigenvalue weighted by atomic mass is 9.71. The number of aromatic nitrogens is 1. The highest BCUT2D eigenvalue weighted by Crippen LogP contribution is 2.38.